The van der Waals surface area contributed by atoms with Gasteiger partial charge in [0.25, 0.3) is 0 Å². The predicted molar refractivity (Wildman–Crippen MR) is 46.3 cm³/mol. The fourth-order valence-corrected chi connectivity index (χ4v) is 1.09. The molecule has 0 radical (unpaired) electrons. The van der Waals surface area contributed by atoms with E-state index in [0.717, 1.165) is 6.42 Å². The van der Waals surface area contributed by atoms with Gasteiger partial charge in [-0.1, -0.05) is 34.1 Å². The molecule has 11 heavy (non-hydrogen) atoms. The molecule has 0 saturated carbocycles. The molecule has 2 N–H and O–H groups in total. The van der Waals surface area contributed by atoms with Crippen molar-refractivity contribution in [3.8, 4) is 0 Å². The third-order valence-corrected chi connectivity index (χ3v) is 2.39. The Balaban J connectivity index is 4.10. The van der Waals surface area contributed by atoms with Crippen LogP contribution in [0.15, 0.2) is 0 Å². The molecule has 2 atom stereocenters. The second kappa shape index (κ2) is 4.07. The first kappa shape index (κ1) is 10.9. The standard InChI is InChI=1S/C9H20O2/c1-5-7(2)8(11)9(3,4)6-10/h7-8,10-11H,5-6H2,1-4H3. The summed E-state index contributed by atoms with van der Waals surface area (Å²) in [5, 5.41) is 18.6. The zero-order chi connectivity index (χ0) is 9.07. The van der Waals surface area contributed by atoms with Crippen LogP contribution in [0.1, 0.15) is 34.1 Å². The molecule has 0 amide bonds. The van der Waals surface area contributed by atoms with Crippen LogP contribution in [-0.2, 0) is 0 Å². The zero-order valence-corrected chi connectivity index (χ0v) is 7.96. The first-order valence-electron chi connectivity index (χ1n) is 4.24. The van der Waals surface area contributed by atoms with Gasteiger partial charge in [0.15, 0.2) is 0 Å². The van der Waals surface area contributed by atoms with Gasteiger partial charge < -0.3 is 10.2 Å². The molecule has 0 fully saturated rings. The van der Waals surface area contributed by atoms with Crippen LogP contribution in [0.3, 0.4) is 0 Å². The summed E-state index contributed by atoms with van der Waals surface area (Å²) >= 11 is 0. The van der Waals surface area contributed by atoms with E-state index in [1.807, 2.05) is 27.7 Å². The molecule has 0 saturated heterocycles. The maximum absolute atomic E-state index is 9.69. The molecule has 0 aromatic heterocycles. The van der Waals surface area contributed by atoms with Crippen LogP contribution in [0.25, 0.3) is 0 Å². The van der Waals surface area contributed by atoms with Crippen molar-refractivity contribution in [2.45, 2.75) is 40.2 Å². The van der Waals surface area contributed by atoms with Gasteiger partial charge in [0.1, 0.15) is 0 Å². The molecule has 0 aromatic rings. The Labute approximate surface area is 69.2 Å². The highest BCUT2D eigenvalue weighted by Crippen LogP contribution is 2.26. The molecule has 0 aromatic carbocycles. The van der Waals surface area contributed by atoms with Gasteiger partial charge >= 0.3 is 0 Å². The second-order valence-corrected chi connectivity index (χ2v) is 3.98. The van der Waals surface area contributed by atoms with E-state index in [4.69, 9.17) is 5.11 Å². The Morgan fingerprint density at radius 2 is 1.82 bits per heavy atom. The van der Waals surface area contributed by atoms with Crippen LogP contribution in [0, 0.1) is 11.3 Å². The minimum atomic E-state index is -0.405. The summed E-state index contributed by atoms with van der Waals surface area (Å²) < 4.78 is 0. The van der Waals surface area contributed by atoms with Crippen molar-refractivity contribution >= 4 is 0 Å². The van der Waals surface area contributed by atoms with Gasteiger partial charge in [-0.15, -0.1) is 0 Å². The molecule has 2 heteroatoms. The van der Waals surface area contributed by atoms with E-state index in [0.29, 0.717) is 0 Å². The molecule has 2 nitrogen and oxygen atoms in total. The summed E-state index contributed by atoms with van der Waals surface area (Å²) in [6.45, 7) is 7.84. The van der Waals surface area contributed by atoms with Gasteiger partial charge in [-0.3, -0.25) is 0 Å². The first-order valence-corrected chi connectivity index (χ1v) is 4.24. The summed E-state index contributed by atoms with van der Waals surface area (Å²) in [7, 11) is 0. The molecule has 68 valence electrons. The zero-order valence-electron chi connectivity index (χ0n) is 7.96. The van der Waals surface area contributed by atoms with E-state index in [-0.39, 0.29) is 17.9 Å². The maximum Gasteiger partial charge on any atom is 0.0638 e. The number of rotatable bonds is 4. The van der Waals surface area contributed by atoms with Crippen molar-refractivity contribution < 1.29 is 10.2 Å². The summed E-state index contributed by atoms with van der Waals surface area (Å²) in [6.07, 6.45) is 0.544. The van der Waals surface area contributed by atoms with Gasteiger partial charge in [0.05, 0.1) is 12.7 Å². The Morgan fingerprint density at radius 1 is 1.36 bits per heavy atom. The summed E-state index contributed by atoms with van der Waals surface area (Å²) in [6, 6.07) is 0. The first-order chi connectivity index (χ1) is 4.95. The van der Waals surface area contributed by atoms with Gasteiger partial charge in [0, 0.05) is 5.41 Å². The van der Waals surface area contributed by atoms with Gasteiger partial charge in [-0.2, -0.15) is 0 Å². The molecule has 0 heterocycles. The van der Waals surface area contributed by atoms with Crippen molar-refractivity contribution in [3.63, 3.8) is 0 Å². The maximum atomic E-state index is 9.69. The van der Waals surface area contributed by atoms with Crippen molar-refractivity contribution in [2.24, 2.45) is 11.3 Å². The Kier molecular flexibility index (Phi) is 4.04. The highest BCUT2D eigenvalue weighted by Gasteiger charge is 2.30. The number of hydrogen-bond acceptors (Lipinski definition) is 2. The van der Waals surface area contributed by atoms with Gasteiger partial charge in [-0.05, 0) is 5.92 Å². The smallest absolute Gasteiger partial charge is 0.0638 e. The molecule has 0 aliphatic rings. The van der Waals surface area contributed by atoms with Crippen LogP contribution in [-0.4, -0.2) is 22.9 Å². The Morgan fingerprint density at radius 3 is 2.09 bits per heavy atom. The van der Waals surface area contributed by atoms with Crippen molar-refractivity contribution in [1.82, 2.24) is 0 Å². The molecule has 0 aliphatic heterocycles. The lowest BCUT2D eigenvalue weighted by Crippen LogP contribution is -2.37. The largest absolute Gasteiger partial charge is 0.396 e. The third-order valence-electron chi connectivity index (χ3n) is 2.39. The minimum absolute atomic E-state index is 0.0402. The van der Waals surface area contributed by atoms with E-state index >= 15 is 0 Å². The summed E-state index contributed by atoms with van der Waals surface area (Å²) in [5.74, 6) is 0.261. The number of hydrogen-bond donors (Lipinski definition) is 2. The normalized spacial score (nSPS) is 18.0. The van der Waals surface area contributed by atoms with E-state index in [1.54, 1.807) is 0 Å². The predicted octanol–water partition coefficient (Wildman–Crippen LogP) is 1.41. The van der Waals surface area contributed by atoms with Crippen molar-refractivity contribution in [2.75, 3.05) is 6.61 Å². The third kappa shape index (κ3) is 2.80. The van der Waals surface area contributed by atoms with Crippen LogP contribution >= 0.6 is 0 Å². The molecule has 2 unspecified atom stereocenters. The highest BCUT2D eigenvalue weighted by molar-refractivity contribution is 4.80. The highest BCUT2D eigenvalue weighted by atomic mass is 16.3. The molecule has 0 spiro atoms. The van der Waals surface area contributed by atoms with Crippen LogP contribution in [0.4, 0.5) is 0 Å². The average molecular weight is 160 g/mol. The monoisotopic (exact) mass is 160 g/mol. The Bertz CT molecular complexity index is 110. The lowest BCUT2D eigenvalue weighted by Gasteiger charge is -2.32. The van der Waals surface area contributed by atoms with Gasteiger partial charge in [0.2, 0.25) is 0 Å². The Hall–Kier alpha value is -0.0800. The van der Waals surface area contributed by atoms with Crippen molar-refractivity contribution in [1.29, 1.82) is 0 Å². The number of aliphatic hydroxyl groups excluding tert-OH is 2. The topological polar surface area (TPSA) is 40.5 Å². The molecule has 0 aliphatic carbocycles. The molecule has 0 bridgehead atoms. The number of aliphatic hydroxyl groups is 2. The fourth-order valence-electron chi connectivity index (χ4n) is 1.09. The van der Waals surface area contributed by atoms with Crippen molar-refractivity contribution in [3.05, 3.63) is 0 Å². The molecule has 0 rings (SSSR count). The van der Waals surface area contributed by atoms with E-state index in [1.165, 1.54) is 0 Å². The fraction of sp³-hybridized carbons (Fsp3) is 1.00. The summed E-state index contributed by atoms with van der Waals surface area (Å²) in [5.41, 5.74) is -0.366. The minimum Gasteiger partial charge on any atom is -0.396 e. The second-order valence-electron chi connectivity index (χ2n) is 3.98. The average Bonchev–Trinajstić information content (AvgIpc) is 2.01. The van der Waals surface area contributed by atoms with Gasteiger partial charge in [-0.25, -0.2) is 0 Å². The molecular weight excluding hydrogens is 140 g/mol. The van der Waals surface area contributed by atoms with Crippen LogP contribution in [0.2, 0.25) is 0 Å². The van der Waals surface area contributed by atoms with Crippen LogP contribution < -0.4 is 0 Å². The lowest BCUT2D eigenvalue weighted by atomic mass is 9.80. The van der Waals surface area contributed by atoms with E-state index in [9.17, 15) is 5.11 Å². The van der Waals surface area contributed by atoms with E-state index in [2.05, 4.69) is 0 Å². The lowest BCUT2D eigenvalue weighted by molar-refractivity contribution is -0.0259. The summed E-state index contributed by atoms with van der Waals surface area (Å²) in [4.78, 5) is 0. The molecular formula is C9H20O2. The quantitative estimate of drug-likeness (QED) is 0.653. The van der Waals surface area contributed by atoms with E-state index < -0.39 is 6.10 Å². The SMILES string of the molecule is CCC(C)C(O)C(C)(C)CO. The van der Waals surface area contributed by atoms with Crippen LogP contribution in [0.5, 0.6) is 0 Å².